The van der Waals surface area contributed by atoms with Gasteiger partial charge in [-0.2, -0.15) is 0 Å². The van der Waals surface area contributed by atoms with Gasteiger partial charge in [0.05, 0.1) is 6.54 Å². The fourth-order valence-electron chi connectivity index (χ4n) is 1.06. The highest BCUT2D eigenvalue weighted by Crippen LogP contribution is 2.21. The zero-order valence-electron chi connectivity index (χ0n) is 9.83. The molecule has 0 bridgehead atoms. The van der Waals surface area contributed by atoms with E-state index in [-0.39, 0.29) is 23.3 Å². The number of nitrogens with zero attached hydrogens (tertiary/aromatic N) is 2. The Bertz CT molecular complexity index is 396. The van der Waals surface area contributed by atoms with Crippen LogP contribution in [0.4, 0.5) is 11.5 Å². The first-order valence-electron chi connectivity index (χ1n) is 5.27. The van der Waals surface area contributed by atoms with Gasteiger partial charge in [-0.15, -0.1) is 0 Å². The van der Waals surface area contributed by atoms with Crippen LogP contribution in [0.5, 0.6) is 0 Å². The molecule has 0 aliphatic heterocycles. The molecule has 0 atom stereocenters. The Hall–Kier alpha value is -1.56. The normalized spacial score (nSPS) is 10.4. The molecule has 0 spiro atoms. The van der Waals surface area contributed by atoms with Crippen LogP contribution in [0.25, 0.3) is 0 Å². The average molecular weight is 258 g/mol. The van der Waals surface area contributed by atoms with Gasteiger partial charge < -0.3 is 16.4 Å². The van der Waals surface area contributed by atoms with Crippen molar-refractivity contribution in [2.75, 3.05) is 24.1 Å². The highest BCUT2D eigenvalue weighted by molar-refractivity contribution is 6.32. The molecule has 1 heterocycles. The van der Waals surface area contributed by atoms with Crippen LogP contribution in [-0.4, -0.2) is 29.0 Å². The fourth-order valence-corrected chi connectivity index (χ4v) is 1.19. The Morgan fingerprint density at radius 3 is 2.88 bits per heavy atom. The largest absolute Gasteiger partial charge is 0.393 e. The number of aromatic nitrogens is 2. The molecule has 17 heavy (non-hydrogen) atoms. The third-order valence-corrected chi connectivity index (χ3v) is 2.26. The number of hydrogen-bond donors (Lipinski definition) is 3. The summed E-state index contributed by atoms with van der Waals surface area (Å²) in [4.78, 5) is 19.0. The van der Waals surface area contributed by atoms with E-state index in [9.17, 15) is 4.79 Å². The summed E-state index contributed by atoms with van der Waals surface area (Å²) in [6.07, 6.45) is 1.28. The van der Waals surface area contributed by atoms with Crippen molar-refractivity contribution >= 4 is 29.0 Å². The van der Waals surface area contributed by atoms with Gasteiger partial charge in [0.1, 0.15) is 12.0 Å². The van der Waals surface area contributed by atoms with Crippen LogP contribution in [0.1, 0.15) is 13.8 Å². The number of amides is 1. The minimum absolute atomic E-state index is 0.101. The Morgan fingerprint density at radius 2 is 2.24 bits per heavy atom. The molecule has 0 aliphatic carbocycles. The molecule has 0 unspecified atom stereocenters. The van der Waals surface area contributed by atoms with Crippen molar-refractivity contribution in [1.82, 2.24) is 15.3 Å². The van der Waals surface area contributed by atoms with Crippen molar-refractivity contribution in [3.05, 3.63) is 11.5 Å². The summed E-state index contributed by atoms with van der Waals surface area (Å²) in [5.41, 5.74) is 5.88. The fraction of sp³-hybridized carbons (Fsp3) is 0.500. The number of nitrogens with two attached hydrogens (primary N) is 1. The maximum atomic E-state index is 11.4. The lowest BCUT2D eigenvalue weighted by Gasteiger charge is -2.10. The van der Waals surface area contributed by atoms with Crippen molar-refractivity contribution in [2.24, 2.45) is 5.92 Å². The third kappa shape index (κ3) is 4.44. The van der Waals surface area contributed by atoms with E-state index < -0.39 is 0 Å². The van der Waals surface area contributed by atoms with Crippen molar-refractivity contribution < 1.29 is 4.79 Å². The van der Waals surface area contributed by atoms with Crippen molar-refractivity contribution in [1.29, 1.82) is 0 Å². The molecule has 1 aromatic rings. The van der Waals surface area contributed by atoms with Crippen LogP contribution < -0.4 is 16.4 Å². The summed E-state index contributed by atoms with van der Waals surface area (Å²) in [7, 11) is 0. The van der Waals surface area contributed by atoms with E-state index in [4.69, 9.17) is 17.3 Å². The summed E-state index contributed by atoms with van der Waals surface area (Å²) in [6.45, 7) is 4.79. The molecule has 94 valence electrons. The Balaban J connectivity index is 2.45. The molecule has 4 N–H and O–H groups in total. The van der Waals surface area contributed by atoms with Crippen LogP contribution in [0.3, 0.4) is 0 Å². The summed E-state index contributed by atoms with van der Waals surface area (Å²) in [5, 5.41) is 5.74. The third-order valence-electron chi connectivity index (χ3n) is 1.96. The Kier molecular flexibility index (Phi) is 4.96. The van der Waals surface area contributed by atoms with Gasteiger partial charge >= 0.3 is 0 Å². The zero-order chi connectivity index (χ0) is 12.8. The summed E-state index contributed by atoms with van der Waals surface area (Å²) in [5.74, 6) is 0.662. The second-order valence-corrected chi connectivity index (χ2v) is 4.34. The molecule has 0 fully saturated rings. The van der Waals surface area contributed by atoms with Gasteiger partial charge in [0.15, 0.2) is 11.0 Å². The van der Waals surface area contributed by atoms with Crippen LogP contribution in [0, 0.1) is 5.92 Å². The highest BCUT2D eigenvalue weighted by atomic mass is 35.5. The molecule has 0 saturated carbocycles. The van der Waals surface area contributed by atoms with Gasteiger partial charge in [0.25, 0.3) is 0 Å². The van der Waals surface area contributed by atoms with Crippen molar-refractivity contribution in [2.45, 2.75) is 13.8 Å². The first-order chi connectivity index (χ1) is 8.00. The first-order valence-corrected chi connectivity index (χ1v) is 5.65. The predicted octanol–water partition coefficient (Wildman–Crippen LogP) is 0.896. The van der Waals surface area contributed by atoms with E-state index in [0.717, 1.165) is 0 Å². The maximum Gasteiger partial charge on any atom is 0.239 e. The lowest BCUT2D eigenvalue weighted by Crippen LogP contribution is -2.32. The van der Waals surface area contributed by atoms with Crippen LogP contribution >= 0.6 is 11.6 Å². The van der Waals surface area contributed by atoms with E-state index in [2.05, 4.69) is 20.6 Å². The van der Waals surface area contributed by atoms with Gasteiger partial charge in [-0.1, -0.05) is 25.4 Å². The molecule has 0 aliphatic rings. The van der Waals surface area contributed by atoms with Gasteiger partial charge in [0, 0.05) is 6.54 Å². The first kappa shape index (κ1) is 13.5. The molecule has 1 rings (SSSR count). The predicted molar refractivity (Wildman–Crippen MR) is 67.8 cm³/mol. The van der Waals surface area contributed by atoms with E-state index in [1.54, 1.807) is 0 Å². The van der Waals surface area contributed by atoms with E-state index in [0.29, 0.717) is 18.3 Å². The van der Waals surface area contributed by atoms with Crippen molar-refractivity contribution in [3.63, 3.8) is 0 Å². The number of carbonyl (C=O) groups excluding carboxylic acids is 1. The lowest BCUT2D eigenvalue weighted by atomic mass is 10.2. The monoisotopic (exact) mass is 257 g/mol. The summed E-state index contributed by atoms with van der Waals surface area (Å²) in [6, 6.07) is 0. The van der Waals surface area contributed by atoms with Crippen LogP contribution in [-0.2, 0) is 4.79 Å². The number of anilines is 2. The Labute approximate surface area is 105 Å². The molecular formula is C10H16ClN5O. The standard InChI is InChI=1S/C10H16ClN5O/c1-6(2)3-13-7(17)4-14-10-8(12)9(11)15-5-16-10/h5-6H,3-4,12H2,1-2H3,(H,13,17)(H,14,15,16). The molecule has 0 aromatic carbocycles. The van der Waals surface area contributed by atoms with E-state index >= 15 is 0 Å². The molecule has 0 saturated heterocycles. The van der Waals surface area contributed by atoms with Crippen LogP contribution in [0.15, 0.2) is 6.33 Å². The maximum absolute atomic E-state index is 11.4. The molecule has 0 radical (unpaired) electrons. The number of halogens is 1. The number of hydrogen-bond acceptors (Lipinski definition) is 5. The SMILES string of the molecule is CC(C)CNC(=O)CNc1ncnc(Cl)c1N. The summed E-state index contributed by atoms with van der Waals surface area (Å²) >= 11 is 5.72. The molecule has 6 nitrogen and oxygen atoms in total. The van der Waals surface area contributed by atoms with Gasteiger partial charge in [-0.3, -0.25) is 4.79 Å². The zero-order valence-corrected chi connectivity index (χ0v) is 10.6. The lowest BCUT2D eigenvalue weighted by molar-refractivity contribution is -0.119. The number of nitrogens with one attached hydrogen (secondary N) is 2. The second kappa shape index (κ2) is 6.24. The molecular weight excluding hydrogens is 242 g/mol. The number of carbonyl (C=O) groups is 1. The van der Waals surface area contributed by atoms with Gasteiger partial charge in [-0.25, -0.2) is 9.97 Å². The Morgan fingerprint density at radius 1 is 1.53 bits per heavy atom. The number of nitrogen functional groups attached to an aromatic ring is 1. The second-order valence-electron chi connectivity index (χ2n) is 3.98. The molecule has 7 heteroatoms. The van der Waals surface area contributed by atoms with Crippen molar-refractivity contribution in [3.8, 4) is 0 Å². The summed E-state index contributed by atoms with van der Waals surface area (Å²) < 4.78 is 0. The average Bonchev–Trinajstić information content (AvgIpc) is 2.28. The molecule has 1 aromatic heterocycles. The quantitative estimate of drug-likeness (QED) is 0.682. The minimum Gasteiger partial charge on any atom is -0.393 e. The molecule has 1 amide bonds. The van der Waals surface area contributed by atoms with E-state index in [1.165, 1.54) is 6.33 Å². The van der Waals surface area contributed by atoms with Gasteiger partial charge in [0.2, 0.25) is 5.91 Å². The van der Waals surface area contributed by atoms with E-state index in [1.807, 2.05) is 13.8 Å². The highest BCUT2D eigenvalue weighted by Gasteiger charge is 2.07. The smallest absolute Gasteiger partial charge is 0.239 e. The minimum atomic E-state index is -0.118. The topological polar surface area (TPSA) is 92.9 Å². The number of rotatable bonds is 5. The van der Waals surface area contributed by atoms with Crippen LogP contribution in [0.2, 0.25) is 5.15 Å². The van der Waals surface area contributed by atoms with Gasteiger partial charge in [-0.05, 0) is 5.92 Å².